The Hall–Kier alpha value is -3.03. The SMILES string of the molecule is COc1ccccc1C(C)CC(=O)OCc1nc2cc(C(F)(F)F)ccc2o1. The number of esters is 1. The Bertz CT molecular complexity index is 981. The van der Waals surface area contributed by atoms with Gasteiger partial charge in [0, 0.05) is 0 Å². The van der Waals surface area contributed by atoms with E-state index in [-0.39, 0.29) is 35.9 Å². The van der Waals surface area contributed by atoms with Gasteiger partial charge in [-0.3, -0.25) is 4.79 Å². The number of benzene rings is 2. The molecule has 0 N–H and O–H groups in total. The fraction of sp³-hybridized carbons (Fsp3) is 0.300. The van der Waals surface area contributed by atoms with Gasteiger partial charge in [-0.2, -0.15) is 13.2 Å². The van der Waals surface area contributed by atoms with Crippen LogP contribution in [-0.4, -0.2) is 18.1 Å². The molecule has 2 aromatic carbocycles. The molecule has 0 aliphatic heterocycles. The van der Waals surface area contributed by atoms with Crippen molar-refractivity contribution in [1.29, 1.82) is 0 Å². The normalized spacial score (nSPS) is 12.8. The predicted molar refractivity (Wildman–Crippen MR) is 94.8 cm³/mol. The van der Waals surface area contributed by atoms with Crippen molar-refractivity contribution in [3.63, 3.8) is 0 Å². The molecule has 1 atom stereocenters. The van der Waals surface area contributed by atoms with Gasteiger partial charge in [-0.15, -0.1) is 0 Å². The molecule has 0 amide bonds. The van der Waals surface area contributed by atoms with Crippen LogP contribution < -0.4 is 4.74 Å². The van der Waals surface area contributed by atoms with E-state index in [4.69, 9.17) is 13.9 Å². The first-order chi connectivity index (χ1) is 13.3. The fourth-order valence-electron chi connectivity index (χ4n) is 2.85. The number of rotatable bonds is 6. The molecule has 148 valence electrons. The molecular weight excluding hydrogens is 375 g/mol. The number of hydrogen-bond acceptors (Lipinski definition) is 5. The maximum Gasteiger partial charge on any atom is 0.416 e. The molecule has 8 heteroatoms. The van der Waals surface area contributed by atoms with Gasteiger partial charge in [-0.05, 0) is 35.7 Å². The van der Waals surface area contributed by atoms with E-state index in [1.807, 2.05) is 31.2 Å². The predicted octanol–water partition coefficient (Wildman–Crippen LogP) is 5.09. The van der Waals surface area contributed by atoms with Gasteiger partial charge >= 0.3 is 12.1 Å². The van der Waals surface area contributed by atoms with Gasteiger partial charge in [0.05, 0.1) is 19.1 Å². The quantitative estimate of drug-likeness (QED) is 0.546. The molecule has 0 saturated heterocycles. The van der Waals surface area contributed by atoms with Crippen molar-refractivity contribution in [3.05, 3.63) is 59.5 Å². The zero-order valence-corrected chi connectivity index (χ0v) is 15.2. The number of fused-ring (bicyclic) bond motifs is 1. The first-order valence-electron chi connectivity index (χ1n) is 8.53. The van der Waals surface area contributed by atoms with Crippen molar-refractivity contribution in [2.45, 2.75) is 32.0 Å². The van der Waals surface area contributed by atoms with E-state index in [0.717, 1.165) is 17.7 Å². The van der Waals surface area contributed by atoms with E-state index < -0.39 is 17.7 Å². The summed E-state index contributed by atoms with van der Waals surface area (Å²) >= 11 is 0. The van der Waals surface area contributed by atoms with Crippen LogP contribution in [0.2, 0.25) is 0 Å². The van der Waals surface area contributed by atoms with Gasteiger partial charge in [-0.1, -0.05) is 25.1 Å². The van der Waals surface area contributed by atoms with Crippen LogP contribution in [0.1, 0.15) is 36.3 Å². The van der Waals surface area contributed by atoms with Crippen molar-refractivity contribution >= 4 is 17.1 Å². The summed E-state index contributed by atoms with van der Waals surface area (Å²) in [5.74, 6) is 0.105. The van der Waals surface area contributed by atoms with Crippen LogP contribution in [0.5, 0.6) is 5.75 Å². The topological polar surface area (TPSA) is 61.6 Å². The van der Waals surface area contributed by atoms with Crippen LogP contribution in [0.15, 0.2) is 46.9 Å². The monoisotopic (exact) mass is 393 g/mol. The average Bonchev–Trinajstić information content (AvgIpc) is 3.07. The Morgan fingerprint density at radius 3 is 2.68 bits per heavy atom. The zero-order valence-electron chi connectivity index (χ0n) is 15.2. The minimum absolute atomic E-state index is 0.0348. The lowest BCUT2D eigenvalue weighted by Crippen LogP contribution is -2.09. The first-order valence-corrected chi connectivity index (χ1v) is 8.53. The summed E-state index contributed by atoms with van der Waals surface area (Å²) in [6.45, 7) is 1.62. The van der Waals surface area contributed by atoms with Crippen LogP contribution in [0.25, 0.3) is 11.1 Å². The first kappa shape index (κ1) is 19.7. The van der Waals surface area contributed by atoms with E-state index in [1.54, 1.807) is 7.11 Å². The molecule has 0 saturated carbocycles. The molecule has 28 heavy (non-hydrogen) atoms. The number of nitrogens with zero attached hydrogens (tertiary/aromatic N) is 1. The van der Waals surface area contributed by atoms with Crippen molar-refractivity contribution in [2.24, 2.45) is 0 Å². The second kappa shape index (κ2) is 7.92. The third-order valence-electron chi connectivity index (χ3n) is 4.26. The molecule has 0 spiro atoms. The molecule has 1 unspecified atom stereocenters. The molecule has 0 bridgehead atoms. The number of hydrogen-bond donors (Lipinski definition) is 0. The number of aromatic nitrogens is 1. The number of methoxy groups -OCH3 is 1. The summed E-state index contributed by atoms with van der Waals surface area (Å²) in [5, 5.41) is 0. The molecule has 0 aliphatic carbocycles. The molecule has 1 heterocycles. The van der Waals surface area contributed by atoms with Crippen molar-refractivity contribution in [2.75, 3.05) is 7.11 Å². The summed E-state index contributed by atoms with van der Waals surface area (Å²) in [6, 6.07) is 10.4. The minimum atomic E-state index is -4.46. The van der Waals surface area contributed by atoms with Gasteiger partial charge in [0.15, 0.2) is 12.2 Å². The van der Waals surface area contributed by atoms with Gasteiger partial charge in [-0.25, -0.2) is 4.98 Å². The van der Waals surface area contributed by atoms with Crippen molar-refractivity contribution in [1.82, 2.24) is 4.98 Å². The Morgan fingerprint density at radius 2 is 1.96 bits per heavy atom. The van der Waals surface area contributed by atoms with Gasteiger partial charge < -0.3 is 13.9 Å². The van der Waals surface area contributed by atoms with Crippen molar-refractivity contribution < 1.29 is 31.9 Å². The molecular formula is C20H18F3NO4. The lowest BCUT2D eigenvalue weighted by molar-refractivity contribution is -0.146. The summed E-state index contributed by atoms with van der Waals surface area (Å²) in [7, 11) is 1.56. The smallest absolute Gasteiger partial charge is 0.416 e. The molecule has 0 fully saturated rings. The second-order valence-corrected chi connectivity index (χ2v) is 6.30. The van der Waals surface area contributed by atoms with Crippen LogP contribution >= 0.6 is 0 Å². The van der Waals surface area contributed by atoms with E-state index in [9.17, 15) is 18.0 Å². The van der Waals surface area contributed by atoms with Crippen LogP contribution in [0.3, 0.4) is 0 Å². The van der Waals surface area contributed by atoms with Gasteiger partial charge in [0.1, 0.15) is 11.3 Å². The summed E-state index contributed by atoms with van der Waals surface area (Å²) in [5.41, 5.74) is 0.315. The number of carbonyl (C=O) groups excluding carboxylic acids is 1. The number of halogens is 3. The van der Waals surface area contributed by atoms with Gasteiger partial charge in [0.25, 0.3) is 0 Å². The maximum absolute atomic E-state index is 12.8. The fourth-order valence-corrected chi connectivity index (χ4v) is 2.85. The molecule has 1 aromatic heterocycles. The van der Waals surface area contributed by atoms with Crippen LogP contribution in [0.4, 0.5) is 13.2 Å². The third-order valence-corrected chi connectivity index (χ3v) is 4.26. The zero-order chi connectivity index (χ0) is 20.3. The van der Waals surface area contributed by atoms with E-state index in [0.29, 0.717) is 5.75 Å². The highest BCUT2D eigenvalue weighted by atomic mass is 19.4. The largest absolute Gasteiger partial charge is 0.496 e. The number of alkyl halides is 3. The highest BCUT2D eigenvalue weighted by molar-refractivity contribution is 5.74. The summed E-state index contributed by atoms with van der Waals surface area (Å²) in [6.07, 6.45) is -4.35. The lowest BCUT2D eigenvalue weighted by Gasteiger charge is -2.14. The van der Waals surface area contributed by atoms with E-state index in [2.05, 4.69) is 4.98 Å². The molecule has 3 rings (SSSR count). The lowest BCUT2D eigenvalue weighted by atomic mass is 9.97. The Labute approximate surface area is 159 Å². The van der Waals surface area contributed by atoms with Crippen molar-refractivity contribution in [3.8, 4) is 5.75 Å². The number of para-hydroxylation sites is 1. The number of ether oxygens (including phenoxy) is 2. The average molecular weight is 393 g/mol. The van der Waals surface area contributed by atoms with Gasteiger partial charge in [0.2, 0.25) is 5.89 Å². The van der Waals surface area contributed by atoms with Crippen LogP contribution in [-0.2, 0) is 22.3 Å². The van der Waals surface area contributed by atoms with E-state index >= 15 is 0 Å². The Kier molecular flexibility index (Phi) is 5.58. The highest BCUT2D eigenvalue weighted by Crippen LogP contribution is 2.32. The highest BCUT2D eigenvalue weighted by Gasteiger charge is 2.31. The molecule has 0 aliphatic rings. The molecule has 0 radical (unpaired) electrons. The van der Waals surface area contributed by atoms with Crippen LogP contribution in [0, 0.1) is 0 Å². The third kappa shape index (κ3) is 4.44. The molecule has 5 nitrogen and oxygen atoms in total. The number of oxazole rings is 1. The van der Waals surface area contributed by atoms with E-state index in [1.165, 1.54) is 6.07 Å². The second-order valence-electron chi connectivity index (χ2n) is 6.30. The Balaban J connectivity index is 1.62. The number of carbonyl (C=O) groups is 1. The summed E-state index contributed by atoms with van der Waals surface area (Å²) < 4.78 is 54.1. The minimum Gasteiger partial charge on any atom is -0.496 e. The Morgan fingerprint density at radius 1 is 1.21 bits per heavy atom. The summed E-state index contributed by atoms with van der Waals surface area (Å²) in [4.78, 5) is 16.1. The standard InChI is InChI=1S/C20H18F3NO4/c1-12(14-5-3-4-6-16(14)26-2)9-19(25)27-11-18-24-15-10-13(20(21,22)23)7-8-17(15)28-18/h3-8,10,12H,9,11H2,1-2H3. The molecule has 3 aromatic rings. The maximum atomic E-state index is 12.8.